The van der Waals surface area contributed by atoms with E-state index < -0.39 is 23.1 Å². The number of aromatic nitrogens is 2. The van der Waals surface area contributed by atoms with Crippen LogP contribution in [0.25, 0.3) is 10.9 Å². The molecule has 1 amide bonds. The molecule has 3 rings (SSSR count). The molecule has 0 aliphatic carbocycles. The second-order valence-corrected chi connectivity index (χ2v) is 7.72. The summed E-state index contributed by atoms with van der Waals surface area (Å²) in [7, 11) is 0. The second kappa shape index (κ2) is 7.87. The van der Waals surface area contributed by atoms with Crippen LogP contribution >= 0.6 is 11.8 Å². The fraction of sp³-hybridized carbons (Fsp3) is 0.211. The fourth-order valence-corrected chi connectivity index (χ4v) is 3.32. The van der Waals surface area contributed by atoms with Crippen molar-refractivity contribution >= 4 is 28.6 Å². The van der Waals surface area contributed by atoms with Gasteiger partial charge in [0, 0.05) is 5.25 Å². The third kappa shape index (κ3) is 4.33. The molecule has 2 aromatic carbocycles. The minimum absolute atomic E-state index is 0.0617. The zero-order valence-electron chi connectivity index (χ0n) is 14.7. The summed E-state index contributed by atoms with van der Waals surface area (Å²) in [5.74, 6) is -1.60. The summed E-state index contributed by atoms with van der Waals surface area (Å²) >= 11 is 1.28. The number of carbonyl (C=O) groups is 1. The van der Waals surface area contributed by atoms with Crippen molar-refractivity contribution in [2.45, 2.75) is 30.7 Å². The number of nitrogens with zero attached hydrogens (tertiary/aromatic N) is 2. The molecule has 8 heteroatoms. The third-order valence-corrected chi connectivity index (χ3v) is 4.63. The monoisotopic (exact) mass is 389 g/mol. The first kappa shape index (κ1) is 19.0. The van der Waals surface area contributed by atoms with Crippen LogP contribution in [0.3, 0.4) is 0 Å². The zero-order chi connectivity index (χ0) is 19.6. The van der Waals surface area contributed by atoms with E-state index in [2.05, 4.69) is 10.4 Å². The number of fused-ring (bicyclic) bond motifs is 1. The minimum atomic E-state index is -0.701. The van der Waals surface area contributed by atoms with Gasteiger partial charge in [0.15, 0.2) is 5.16 Å². The Bertz CT molecular complexity index is 1050. The second-order valence-electron chi connectivity index (χ2n) is 6.17. The van der Waals surface area contributed by atoms with Gasteiger partial charge in [-0.2, -0.15) is 4.68 Å². The van der Waals surface area contributed by atoms with E-state index in [0.29, 0.717) is 5.56 Å². The first-order valence-electron chi connectivity index (χ1n) is 8.27. The summed E-state index contributed by atoms with van der Waals surface area (Å²) in [6, 6.07) is 9.68. The van der Waals surface area contributed by atoms with Crippen LogP contribution in [-0.4, -0.2) is 20.8 Å². The predicted molar refractivity (Wildman–Crippen MR) is 101 cm³/mol. The van der Waals surface area contributed by atoms with E-state index in [4.69, 9.17) is 0 Å². The van der Waals surface area contributed by atoms with Gasteiger partial charge in [0.25, 0.3) is 5.56 Å². The average molecular weight is 389 g/mol. The van der Waals surface area contributed by atoms with Crippen molar-refractivity contribution in [2.75, 3.05) is 5.43 Å². The van der Waals surface area contributed by atoms with Gasteiger partial charge in [-0.1, -0.05) is 43.8 Å². The van der Waals surface area contributed by atoms with Crippen molar-refractivity contribution in [1.82, 2.24) is 9.66 Å². The molecule has 0 fully saturated rings. The maximum atomic E-state index is 14.1. The van der Waals surface area contributed by atoms with Crippen molar-refractivity contribution in [3.8, 4) is 0 Å². The smallest absolute Gasteiger partial charge is 0.273 e. The van der Waals surface area contributed by atoms with E-state index in [-0.39, 0.29) is 27.7 Å². The highest BCUT2D eigenvalue weighted by Crippen LogP contribution is 2.22. The summed E-state index contributed by atoms with van der Waals surface area (Å²) in [5.41, 5.74) is 2.61. The Kier molecular flexibility index (Phi) is 5.55. The lowest BCUT2D eigenvalue weighted by Gasteiger charge is -2.15. The number of carbonyl (C=O) groups excluding carboxylic acids is 1. The van der Waals surface area contributed by atoms with Gasteiger partial charge in [-0.05, 0) is 29.8 Å². The van der Waals surface area contributed by atoms with Gasteiger partial charge in [-0.3, -0.25) is 15.0 Å². The first-order chi connectivity index (χ1) is 12.8. The maximum Gasteiger partial charge on any atom is 0.284 e. The van der Waals surface area contributed by atoms with Crippen LogP contribution in [0.5, 0.6) is 0 Å². The Morgan fingerprint density at radius 1 is 1.19 bits per heavy atom. The average Bonchev–Trinajstić information content (AvgIpc) is 2.60. The van der Waals surface area contributed by atoms with Crippen LogP contribution in [0.2, 0.25) is 0 Å². The summed E-state index contributed by atoms with van der Waals surface area (Å²) in [5, 5.41) is 0.163. The van der Waals surface area contributed by atoms with Gasteiger partial charge < -0.3 is 0 Å². The Morgan fingerprint density at radius 2 is 1.89 bits per heavy atom. The number of amides is 1. The molecule has 5 nitrogen and oxygen atoms in total. The van der Waals surface area contributed by atoms with E-state index in [1.54, 1.807) is 6.07 Å². The molecule has 1 heterocycles. The van der Waals surface area contributed by atoms with Crippen LogP contribution in [0.1, 0.15) is 19.4 Å². The number of hydrogen-bond acceptors (Lipinski definition) is 4. The molecule has 140 valence electrons. The third-order valence-electron chi connectivity index (χ3n) is 3.67. The molecule has 0 radical (unpaired) electrons. The lowest BCUT2D eigenvalue weighted by Crippen LogP contribution is -2.36. The van der Waals surface area contributed by atoms with Crippen LogP contribution in [0, 0.1) is 11.6 Å². The SMILES string of the molecule is CC(C)Sc1nc2cccc(F)c2c(=O)n1NC(=O)Cc1ccc(F)cc1. The van der Waals surface area contributed by atoms with E-state index in [1.807, 2.05) is 13.8 Å². The van der Waals surface area contributed by atoms with Gasteiger partial charge in [0.05, 0.1) is 11.9 Å². The van der Waals surface area contributed by atoms with Crippen molar-refractivity contribution in [3.63, 3.8) is 0 Å². The summed E-state index contributed by atoms with van der Waals surface area (Å²) in [6.07, 6.45) is -0.0617. The molecule has 1 N–H and O–H groups in total. The van der Waals surface area contributed by atoms with Crippen molar-refractivity contribution < 1.29 is 13.6 Å². The van der Waals surface area contributed by atoms with Crippen molar-refractivity contribution in [1.29, 1.82) is 0 Å². The Balaban J connectivity index is 1.99. The van der Waals surface area contributed by atoms with Gasteiger partial charge in [0.1, 0.15) is 17.0 Å². The maximum absolute atomic E-state index is 14.1. The van der Waals surface area contributed by atoms with Crippen LogP contribution in [-0.2, 0) is 11.2 Å². The standard InChI is InChI=1S/C19H17F2N3O2S/c1-11(2)27-19-22-15-5-3-4-14(21)17(15)18(26)24(19)23-16(25)10-12-6-8-13(20)9-7-12/h3-9,11H,10H2,1-2H3,(H,23,25). The summed E-state index contributed by atoms with van der Waals surface area (Å²) in [6.45, 7) is 3.83. The van der Waals surface area contributed by atoms with Gasteiger partial charge in [0.2, 0.25) is 5.91 Å². The topological polar surface area (TPSA) is 64.0 Å². The number of halogens is 2. The highest BCUT2D eigenvalue weighted by Gasteiger charge is 2.17. The normalized spacial score (nSPS) is 11.1. The quantitative estimate of drug-likeness (QED) is 0.536. The molecule has 0 bridgehead atoms. The molecule has 0 unspecified atom stereocenters. The molecule has 0 aliphatic rings. The van der Waals surface area contributed by atoms with E-state index in [1.165, 1.54) is 48.2 Å². The van der Waals surface area contributed by atoms with Crippen molar-refractivity contribution in [2.24, 2.45) is 0 Å². The molecule has 0 spiro atoms. The molecule has 0 saturated heterocycles. The number of nitrogens with one attached hydrogen (secondary N) is 1. The Labute approximate surface area is 158 Å². The Hall–Kier alpha value is -2.74. The number of benzene rings is 2. The number of hydrogen-bond donors (Lipinski definition) is 1. The van der Waals surface area contributed by atoms with Gasteiger partial charge >= 0.3 is 0 Å². The minimum Gasteiger partial charge on any atom is -0.273 e. The molecule has 0 aliphatic heterocycles. The molecule has 0 atom stereocenters. The molecule has 3 aromatic rings. The van der Waals surface area contributed by atoms with Gasteiger partial charge in [-0.25, -0.2) is 13.8 Å². The number of thioether (sulfide) groups is 1. The van der Waals surface area contributed by atoms with E-state index >= 15 is 0 Å². The molecular formula is C19H17F2N3O2S. The Morgan fingerprint density at radius 3 is 2.56 bits per heavy atom. The van der Waals surface area contributed by atoms with Crippen LogP contribution < -0.4 is 11.0 Å². The van der Waals surface area contributed by atoms with Crippen LogP contribution in [0.15, 0.2) is 52.4 Å². The predicted octanol–water partition coefficient (Wildman–Crippen LogP) is 3.49. The largest absolute Gasteiger partial charge is 0.284 e. The van der Waals surface area contributed by atoms with E-state index in [9.17, 15) is 18.4 Å². The molecular weight excluding hydrogens is 372 g/mol. The lowest BCUT2D eigenvalue weighted by molar-refractivity contribution is -0.116. The molecule has 0 saturated carbocycles. The summed E-state index contributed by atoms with van der Waals surface area (Å²) in [4.78, 5) is 29.5. The molecule has 1 aromatic heterocycles. The van der Waals surface area contributed by atoms with Gasteiger partial charge in [-0.15, -0.1) is 0 Å². The lowest BCUT2D eigenvalue weighted by atomic mass is 10.1. The first-order valence-corrected chi connectivity index (χ1v) is 9.15. The highest BCUT2D eigenvalue weighted by atomic mass is 32.2. The summed E-state index contributed by atoms with van der Waals surface area (Å²) < 4.78 is 28.1. The van der Waals surface area contributed by atoms with Crippen LogP contribution in [0.4, 0.5) is 8.78 Å². The molecule has 27 heavy (non-hydrogen) atoms. The highest BCUT2D eigenvalue weighted by molar-refractivity contribution is 7.99. The van der Waals surface area contributed by atoms with E-state index in [0.717, 1.165) is 4.68 Å². The number of rotatable bonds is 5. The zero-order valence-corrected chi connectivity index (χ0v) is 15.5. The fourth-order valence-electron chi connectivity index (χ4n) is 2.51. The van der Waals surface area contributed by atoms with Crippen molar-refractivity contribution in [3.05, 3.63) is 70.0 Å².